The number of hydrogen-bond acceptors (Lipinski definition) is 4. The second kappa shape index (κ2) is 6.61. The van der Waals surface area contributed by atoms with E-state index in [0.717, 1.165) is 0 Å². The number of aliphatic hydroxyl groups is 1. The fraction of sp³-hybridized carbons (Fsp3) is 0.533. The molecule has 0 fully saturated rings. The Balaban J connectivity index is 2.57. The summed E-state index contributed by atoms with van der Waals surface area (Å²) in [5.74, 6) is 0.279. The van der Waals surface area contributed by atoms with Crippen molar-refractivity contribution in [3.8, 4) is 5.75 Å². The Hall–Kier alpha value is -1.75. The van der Waals surface area contributed by atoms with Gasteiger partial charge in [-0.3, -0.25) is 4.79 Å². The number of anilines is 1. The van der Waals surface area contributed by atoms with E-state index in [1.165, 1.54) is 7.11 Å². The van der Waals surface area contributed by atoms with Crippen LogP contribution in [0.3, 0.4) is 0 Å². The normalized spacial score (nSPS) is 12.8. The molecular formula is C15H24N2O3. The molecule has 0 saturated heterocycles. The van der Waals surface area contributed by atoms with Crippen LogP contribution in [0.4, 0.5) is 5.69 Å². The van der Waals surface area contributed by atoms with Gasteiger partial charge in [0.15, 0.2) is 0 Å². The molecule has 5 nitrogen and oxygen atoms in total. The average Bonchev–Trinajstić information content (AvgIpc) is 2.33. The Morgan fingerprint density at radius 1 is 1.45 bits per heavy atom. The molecule has 0 aromatic heterocycles. The van der Waals surface area contributed by atoms with Crippen molar-refractivity contribution in [1.29, 1.82) is 0 Å². The van der Waals surface area contributed by atoms with Crippen LogP contribution in [0.5, 0.6) is 5.75 Å². The summed E-state index contributed by atoms with van der Waals surface area (Å²) in [6, 6.07) is 4.85. The average molecular weight is 280 g/mol. The number of amides is 1. The minimum absolute atomic E-state index is 0.0225. The largest absolute Gasteiger partial charge is 0.495 e. The lowest BCUT2D eigenvalue weighted by Crippen LogP contribution is -2.34. The molecule has 4 N–H and O–H groups in total. The van der Waals surface area contributed by atoms with Crippen molar-refractivity contribution in [1.82, 2.24) is 5.32 Å². The fourth-order valence-electron chi connectivity index (χ4n) is 1.97. The molecule has 0 spiro atoms. The number of nitrogen functional groups attached to an aromatic ring is 1. The summed E-state index contributed by atoms with van der Waals surface area (Å²) >= 11 is 0. The quantitative estimate of drug-likeness (QED) is 0.718. The van der Waals surface area contributed by atoms with Crippen LogP contribution in [0.25, 0.3) is 0 Å². The lowest BCUT2D eigenvalue weighted by Gasteiger charge is -2.22. The zero-order valence-electron chi connectivity index (χ0n) is 12.6. The molecule has 1 atom stereocenters. The smallest absolute Gasteiger partial charge is 0.251 e. The van der Waals surface area contributed by atoms with Crippen LogP contribution in [-0.2, 0) is 0 Å². The van der Waals surface area contributed by atoms with E-state index in [1.54, 1.807) is 18.2 Å². The van der Waals surface area contributed by atoms with Crippen molar-refractivity contribution in [3.63, 3.8) is 0 Å². The number of carbonyl (C=O) groups is 1. The van der Waals surface area contributed by atoms with E-state index in [9.17, 15) is 9.90 Å². The van der Waals surface area contributed by atoms with Gasteiger partial charge in [-0.25, -0.2) is 0 Å². The third-order valence-electron chi connectivity index (χ3n) is 2.84. The number of ether oxygens (including phenoxy) is 1. The highest BCUT2D eigenvalue weighted by atomic mass is 16.5. The SMILES string of the molecule is COc1ccc(C(=O)NCC(O)CC(C)(C)C)cc1N. The molecular weight excluding hydrogens is 256 g/mol. The number of hydrogen-bond donors (Lipinski definition) is 3. The highest BCUT2D eigenvalue weighted by Crippen LogP contribution is 2.22. The minimum atomic E-state index is -0.561. The molecule has 0 heterocycles. The summed E-state index contributed by atoms with van der Waals surface area (Å²) in [6.45, 7) is 6.36. The third kappa shape index (κ3) is 5.09. The fourth-order valence-corrected chi connectivity index (χ4v) is 1.97. The molecule has 1 aromatic carbocycles. The van der Waals surface area contributed by atoms with Gasteiger partial charge in [-0.05, 0) is 30.0 Å². The molecule has 0 saturated carbocycles. The Bertz CT molecular complexity index is 467. The Labute approximate surface area is 120 Å². The number of nitrogens with one attached hydrogen (secondary N) is 1. The van der Waals surface area contributed by atoms with Crippen LogP contribution in [0.15, 0.2) is 18.2 Å². The molecule has 0 radical (unpaired) electrons. The van der Waals surface area contributed by atoms with Crippen LogP contribution in [0.2, 0.25) is 0 Å². The molecule has 1 unspecified atom stereocenters. The minimum Gasteiger partial charge on any atom is -0.495 e. The van der Waals surface area contributed by atoms with Crippen molar-refractivity contribution in [3.05, 3.63) is 23.8 Å². The molecule has 0 aliphatic heterocycles. The van der Waals surface area contributed by atoms with Crippen molar-refractivity contribution in [2.75, 3.05) is 19.4 Å². The maximum absolute atomic E-state index is 11.9. The van der Waals surface area contributed by atoms with Gasteiger partial charge in [0.25, 0.3) is 5.91 Å². The van der Waals surface area contributed by atoms with E-state index in [0.29, 0.717) is 23.4 Å². The molecule has 5 heteroatoms. The first-order valence-electron chi connectivity index (χ1n) is 6.63. The number of benzene rings is 1. The standard InChI is InChI=1S/C15H24N2O3/c1-15(2,3)8-11(18)9-17-14(19)10-5-6-13(20-4)12(16)7-10/h5-7,11,18H,8-9,16H2,1-4H3,(H,17,19). The first-order chi connectivity index (χ1) is 9.23. The zero-order valence-corrected chi connectivity index (χ0v) is 12.6. The maximum atomic E-state index is 11.9. The van der Waals surface area contributed by atoms with Crippen LogP contribution < -0.4 is 15.8 Å². The lowest BCUT2D eigenvalue weighted by molar-refractivity contribution is 0.0868. The molecule has 0 bridgehead atoms. The van der Waals surface area contributed by atoms with E-state index in [-0.39, 0.29) is 17.9 Å². The number of aliphatic hydroxyl groups excluding tert-OH is 1. The number of rotatable bonds is 5. The molecule has 20 heavy (non-hydrogen) atoms. The second-order valence-electron chi connectivity index (χ2n) is 6.09. The molecule has 1 rings (SSSR count). The summed E-state index contributed by atoms with van der Waals surface area (Å²) in [7, 11) is 1.52. The predicted molar refractivity (Wildman–Crippen MR) is 79.8 cm³/mol. The van der Waals surface area contributed by atoms with E-state index >= 15 is 0 Å². The van der Waals surface area contributed by atoms with Crippen molar-refractivity contribution in [2.24, 2.45) is 5.41 Å². The molecule has 112 valence electrons. The molecule has 0 aliphatic rings. The molecule has 1 aromatic rings. The van der Waals surface area contributed by atoms with Crippen molar-refractivity contribution >= 4 is 11.6 Å². The maximum Gasteiger partial charge on any atom is 0.251 e. The first-order valence-corrected chi connectivity index (χ1v) is 6.63. The number of methoxy groups -OCH3 is 1. The Morgan fingerprint density at radius 3 is 2.60 bits per heavy atom. The molecule has 1 amide bonds. The van der Waals surface area contributed by atoms with Gasteiger partial charge in [0.05, 0.1) is 18.9 Å². The summed E-state index contributed by atoms with van der Waals surface area (Å²) in [5.41, 5.74) is 6.64. The summed E-state index contributed by atoms with van der Waals surface area (Å²) < 4.78 is 5.04. The van der Waals surface area contributed by atoms with Gasteiger partial charge in [0.2, 0.25) is 0 Å². The first kappa shape index (κ1) is 16.3. The van der Waals surface area contributed by atoms with Crippen LogP contribution in [0.1, 0.15) is 37.6 Å². The van der Waals surface area contributed by atoms with Crippen molar-refractivity contribution in [2.45, 2.75) is 33.3 Å². The highest BCUT2D eigenvalue weighted by molar-refractivity contribution is 5.95. The van der Waals surface area contributed by atoms with Crippen LogP contribution >= 0.6 is 0 Å². The van der Waals surface area contributed by atoms with E-state index in [4.69, 9.17) is 10.5 Å². The van der Waals surface area contributed by atoms with Gasteiger partial charge in [-0.15, -0.1) is 0 Å². The van der Waals surface area contributed by atoms with Gasteiger partial charge < -0.3 is 20.9 Å². The predicted octanol–water partition coefficient (Wildman–Crippen LogP) is 1.80. The van der Waals surface area contributed by atoms with E-state index in [1.807, 2.05) is 20.8 Å². The Kier molecular flexibility index (Phi) is 5.39. The second-order valence-corrected chi connectivity index (χ2v) is 6.09. The van der Waals surface area contributed by atoms with Gasteiger partial charge in [-0.2, -0.15) is 0 Å². The summed E-state index contributed by atoms with van der Waals surface area (Å²) in [5, 5.41) is 12.6. The summed E-state index contributed by atoms with van der Waals surface area (Å²) in [4.78, 5) is 11.9. The number of carbonyl (C=O) groups excluding carboxylic acids is 1. The molecule has 0 aliphatic carbocycles. The topological polar surface area (TPSA) is 84.6 Å². The zero-order chi connectivity index (χ0) is 15.3. The highest BCUT2D eigenvalue weighted by Gasteiger charge is 2.17. The third-order valence-corrected chi connectivity index (χ3v) is 2.84. The lowest BCUT2D eigenvalue weighted by atomic mass is 9.89. The van der Waals surface area contributed by atoms with Crippen LogP contribution in [0, 0.1) is 5.41 Å². The van der Waals surface area contributed by atoms with Gasteiger partial charge in [0.1, 0.15) is 5.75 Å². The van der Waals surface area contributed by atoms with E-state index in [2.05, 4.69) is 5.32 Å². The Morgan fingerprint density at radius 2 is 2.10 bits per heavy atom. The van der Waals surface area contributed by atoms with Crippen molar-refractivity contribution < 1.29 is 14.6 Å². The van der Waals surface area contributed by atoms with Gasteiger partial charge in [0, 0.05) is 12.1 Å². The van der Waals surface area contributed by atoms with Gasteiger partial charge in [-0.1, -0.05) is 20.8 Å². The van der Waals surface area contributed by atoms with E-state index < -0.39 is 6.10 Å². The monoisotopic (exact) mass is 280 g/mol. The van der Waals surface area contributed by atoms with Crippen LogP contribution in [-0.4, -0.2) is 30.8 Å². The van der Waals surface area contributed by atoms with Gasteiger partial charge >= 0.3 is 0 Å². The summed E-state index contributed by atoms with van der Waals surface area (Å²) in [6.07, 6.45) is 0.0624. The number of nitrogens with two attached hydrogens (primary N) is 1.